The van der Waals surface area contributed by atoms with E-state index in [0.29, 0.717) is 37.0 Å². The first-order valence-corrected chi connectivity index (χ1v) is 8.76. The summed E-state index contributed by atoms with van der Waals surface area (Å²) in [6, 6.07) is 1.87. The number of carbonyl (C=O) groups excluding carboxylic acids is 1. The van der Waals surface area contributed by atoms with Gasteiger partial charge in [-0.2, -0.15) is 0 Å². The second-order valence-electron chi connectivity index (χ2n) is 7.79. The molecule has 132 valence electrons. The number of rotatable bonds is 6. The van der Waals surface area contributed by atoms with Gasteiger partial charge in [0, 0.05) is 32.1 Å². The molecule has 24 heavy (non-hydrogen) atoms. The number of hydrogen-bond acceptors (Lipinski definition) is 5. The van der Waals surface area contributed by atoms with Crippen molar-refractivity contribution in [2.45, 2.75) is 58.5 Å². The van der Waals surface area contributed by atoms with Crippen molar-refractivity contribution in [2.24, 2.45) is 5.41 Å². The number of pyridine rings is 1. The van der Waals surface area contributed by atoms with Gasteiger partial charge >= 0.3 is 0 Å². The predicted octanol–water partition coefficient (Wildman–Crippen LogP) is 3.75. The molecule has 0 unspecified atom stereocenters. The van der Waals surface area contributed by atoms with Crippen molar-refractivity contribution in [3.05, 3.63) is 17.5 Å². The summed E-state index contributed by atoms with van der Waals surface area (Å²) in [7, 11) is 1.68. The van der Waals surface area contributed by atoms with Crippen LogP contribution in [-0.4, -0.2) is 37.2 Å². The number of ketones is 1. The summed E-state index contributed by atoms with van der Waals surface area (Å²) in [5, 5.41) is 0. The molecule has 2 heterocycles. The minimum absolute atomic E-state index is 0.0732. The lowest BCUT2D eigenvalue weighted by Gasteiger charge is -2.34. The van der Waals surface area contributed by atoms with E-state index in [1.165, 1.54) is 0 Å². The first-order valence-electron chi connectivity index (χ1n) is 8.76. The summed E-state index contributed by atoms with van der Waals surface area (Å²) in [5.74, 6) is 1.82. The van der Waals surface area contributed by atoms with E-state index in [1.54, 1.807) is 7.11 Å². The van der Waals surface area contributed by atoms with Crippen molar-refractivity contribution in [2.75, 3.05) is 20.3 Å². The lowest BCUT2D eigenvalue weighted by molar-refractivity contribution is 0.0531. The molecule has 1 aliphatic heterocycles. The monoisotopic (exact) mass is 333 g/mol. The molecule has 0 spiro atoms. The van der Waals surface area contributed by atoms with Gasteiger partial charge in [-0.25, -0.2) is 4.98 Å². The van der Waals surface area contributed by atoms with Gasteiger partial charge in [0.1, 0.15) is 17.5 Å². The minimum Gasteiger partial charge on any atom is -0.491 e. The highest BCUT2D eigenvalue weighted by molar-refractivity contribution is 5.98. The maximum atomic E-state index is 12.5. The van der Waals surface area contributed by atoms with E-state index in [0.717, 1.165) is 30.7 Å². The van der Waals surface area contributed by atoms with Crippen LogP contribution in [0.5, 0.6) is 11.5 Å². The number of carbonyl (C=O) groups is 1. The van der Waals surface area contributed by atoms with Crippen LogP contribution in [0.25, 0.3) is 0 Å². The van der Waals surface area contributed by atoms with Crippen LogP contribution >= 0.6 is 0 Å². The highest BCUT2D eigenvalue weighted by Gasteiger charge is 2.38. The molecule has 1 aromatic heterocycles. The molecule has 1 aromatic rings. The van der Waals surface area contributed by atoms with Crippen molar-refractivity contribution in [1.29, 1.82) is 0 Å². The van der Waals surface area contributed by atoms with Crippen molar-refractivity contribution >= 4 is 5.78 Å². The molecule has 0 bridgehead atoms. The van der Waals surface area contributed by atoms with Gasteiger partial charge in [0.25, 0.3) is 0 Å². The molecular weight excluding hydrogens is 306 g/mol. The summed E-state index contributed by atoms with van der Waals surface area (Å²) < 4.78 is 17.1. The molecule has 0 saturated heterocycles. The van der Waals surface area contributed by atoms with Crippen molar-refractivity contribution in [1.82, 2.24) is 4.98 Å². The summed E-state index contributed by atoms with van der Waals surface area (Å²) in [6.07, 6.45) is 3.30. The van der Waals surface area contributed by atoms with Crippen LogP contribution < -0.4 is 9.47 Å². The Morgan fingerprint density at radius 1 is 1.29 bits per heavy atom. The molecule has 0 amide bonds. The van der Waals surface area contributed by atoms with E-state index in [4.69, 9.17) is 14.2 Å². The van der Waals surface area contributed by atoms with Gasteiger partial charge in [-0.1, -0.05) is 20.8 Å². The number of fused-ring (bicyclic) bond motifs is 1. The quantitative estimate of drug-likeness (QED) is 0.742. The zero-order chi connectivity index (χ0) is 17.3. The molecule has 0 radical (unpaired) electrons. The Labute approximate surface area is 143 Å². The van der Waals surface area contributed by atoms with Gasteiger partial charge in [-0.15, -0.1) is 0 Å². The first kappa shape index (κ1) is 17.2. The maximum absolute atomic E-state index is 12.5. The average molecular weight is 333 g/mol. The Morgan fingerprint density at radius 2 is 2.04 bits per heavy atom. The van der Waals surface area contributed by atoms with Gasteiger partial charge in [0.15, 0.2) is 11.5 Å². The first-order chi connectivity index (χ1) is 11.4. The lowest BCUT2D eigenvalue weighted by Crippen LogP contribution is -2.38. The van der Waals surface area contributed by atoms with Gasteiger partial charge in [-0.3, -0.25) is 4.79 Å². The molecule has 1 atom stereocenters. The third-order valence-electron chi connectivity index (χ3n) is 4.56. The Kier molecular flexibility index (Phi) is 4.81. The molecule has 1 fully saturated rings. The fraction of sp³-hybridized carbons (Fsp3) is 0.684. The topological polar surface area (TPSA) is 57.7 Å². The zero-order valence-corrected chi connectivity index (χ0v) is 15.1. The summed E-state index contributed by atoms with van der Waals surface area (Å²) in [5.41, 5.74) is 1.29. The summed E-state index contributed by atoms with van der Waals surface area (Å²) in [6.45, 7) is 7.50. The molecular formula is C19H27NO4. The Balaban J connectivity index is 1.86. The maximum Gasteiger partial charge on any atom is 0.188 e. The number of hydrogen-bond donors (Lipinski definition) is 0. The normalized spacial score (nSPS) is 20.5. The van der Waals surface area contributed by atoms with E-state index in [9.17, 15) is 4.79 Å². The molecule has 0 N–H and O–H groups in total. The third kappa shape index (κ3) is 3.72. The van der Waals surface area contributed by atoms with Crippen LogP contribution in [0, 0.1) is 5.41 Å². The molecule has 5 nitrogen and oxygen atoms in total. The predicted molar refractivity (Wildman–Crippen MR) is 91.0 cm³/mol. The van der Waals surface area contributed by atoms with Crippen molar-refractivity contribution < 1.29 is 19.0 Å². The largest absolute Gasteiger partial charge is 0.491 e. The molecule has 5 heteroatoms. The van der Waals surface area contributed by atoms with Gasteiger partial charge in [0.2, 0.25) is 0 Å². The fourth-order valence-electron chi connectivity index (χ4n) is 2.87. The standard InChI is InChI=1S/C19H27NO4/c1-19(2,3)16-10-13(21)18-15(24-16)11-14(23-9-5-8-22-4)17(20-18)12-6-7-12/h11-12,16H,5-10H2,1-4H3/t16-/m1/s1. The third-order valence-corrected chi connectivity index (χ3v) is 4.56. The fourth-order valence-corrected chi connectivity index (χ4v) is 2.87. The van der Waals surface area contributed by atoms with Crippen molar-refractivity contribution in [3.8, 4) is 11.5 Å². The Bertz CT molecular complexity index is 617. The van der Waals surface area contributed by atoms with Gasteiger partial charge in [-0.05, 0) is 18.3 Å². The minimum atomic E-state index is -0.132. The van der Waals surface area contributed by atoms with E-state index in [2.05, 4.69) is 25.8 Å². The summed E-state index contributed by atoms with van der Waals surface area (Å²) in [4.78, 5) is 17.2. The number of aromatic nitrogens is 1. The van der Waals surface area contributed by atoms with E-state index >= 15 is 0 Å². The van der Waals surface area contributed by atoms with Crippen LogP contribution in [0.2, 0.25) is 0 Å². The highest BCUT2D eigenvalue weighted by Crippen LogP contribution is 2.46. The summed E-state index contributed by atoms with van der Waals surface area (Å²) >= 11 is 0. The molecule has 0 aromatic carbocycles. The molecule has 3 rings (SSSR count). The van der Waals surface area contributed by atoms with Crippen LogP contribution in [0.15, 0.2) is 6.07 Å². The SMILES string of the molecule is COCCCOc1cc2c(nc1C1CC1)C(=O)C[C@H](C(C)(C)C)O2. The number of nitrogens with zero attached hydrogens (tertiary/aromatic N) is 1. The van der Waals surface area contributed by atoms with Crippen LogP contribution in [0.4, 0.5) is 0 Å². The number of methoxy groups -OCH3 is 1. The molecule has 1 saturated carbocycles. The van der Waals surface area contributed by atoms with Gasteiger partial charge in [0.05, 0.1) is 18.7 Å². The van der Waals surface area contributed by atoms with Crippen LogP contribution in [0.1, 0.15) is 68.6 Å². The molecule has 2 aliphatic rings. The zero-order valence-electron chi connectivity index (χ0n) is 15.1. The lowest BCUT2D eigenvalue weighted by atomic mass is 9.84. The Hall–Kier alpha value is -1.62. The van der Waals surface area contributed by atoms with E-state index < -0.39 is 0 Å². The van der Waals surface area contributed by atoms with Crippen LogP contribution in [0.3, 0.4) is 0 Å². The van der Waals surface area contributed by atoms with E-state index in [1.807, 2.05) is 6.07 Å². The smallest absolute Gasteiger partial charge is 0.188 e. The van der Waals surface area contributed by atoms with Gasteiger partial charge < -0.3 is 14.2 Å². The second-order valence-corrected chi connectivity index (χ2v) is 7.79. The Morgan fingerprint density at radius 3 is 2.67 bits per heavy atom. The van der Waals surface area contributed by atoms with E-state index in [-0.39, 0.29) is 17.3 Å². The number of ether oxygens (including phenoxy) is 3. The van der Waals surface area contributed by atoms with Crippen LogP contribution in [-0.2, 0) is 4.74 Å². The second kappa shape index (κ2) is 6.71. The number of Topliss-reactive ketones (excluding diaryl/α,β-unsaturated/α-hetero) is 1. The molecule has 1 aliphatic carbocycles. The highest BCUT2D eigenvalue weighted by atomic mass is 16.5. The average Bonchev–Trinajstić information content (AvgIpc) is 3.34. The van der Waals surface area contributed by atoms with Crippen molar-refractivity contribution in [3.63, 3.8) is 0 Å².